The molecule has 2 heterocycles. The van der Waals surface area contributed by atoms with Gasteiger partial charge in [-0.25, -0.2) is 0 Å². The van der Waals surface area contributed by atoms with Gasteiger partial charge in [-0.2, -0.15) is 0 Å². The number of nitrogens with zero attached hydrogens (tertiary/aromatic N) is 3. The summed E-state index contributed by atoms with van der Waals surface area (Å²) in [7, 11) is 1.47. The zero-order chi connectivity index (χ0) is 27.4. The van der Waals surface area contributed by atoms with E-state index in [9.17, 15) is 19.8 Å². The van der Waals surface area contributed by atoms with Crippen LogP contribution in [0.4, 0.5) is 0 Å². The summed E-state index contributed by atoms with van der Waals surface area (Å²) in [6.45, 7) is 5.94. The van der Waals surface area contributed by atoms with Crippen LogP contribution in [0, 0.1) is 0 Å². The van der Waals surface area contributed by atoms with Gasteiger partial charge >= 0.3 is 5.97 Å². The van der Waals surface area contributed by atoms with Crippen LogP contribution in [-0.2, 0) is 17.9 Å². The fraction of sp³-hybridized carbons (Fsp3) is 0.379. The molecule has 0 radical (unpaired) electrons. The van der Waals surface area contributed by atoms with Crippen molar-refractivity contribution in [1.29, 1.82) is 0 Å². The first-order valence-corrected chi connectivity index (χ1v) is 12.7. The van der Waals surface area contributed by atoms with Crippen molar-refractivity contribution in [2.24, 2.45) is 0 Å². The van der Waals surface area contributed by atoms with Crippen LogP contribution in [0.3, 0.4) is 0 Å². The molecule has 0 spiro atoms. The molecule has 202 valence electrons. The number of likely N-dealkylation sites (N-methyl/N-ethyl adjacent to an activating group) is 1. The molecule has 0 bridgehead atoms. The van der Waals surface area contributed by atoms with Gasteiger partial charge in [0.2, 0.25) is 0 Å². The van der Waals surface area contributed by atoms with E-state index in [1.807, 2.05) is 36.4 Å². The molecule has 9 nitrogen and oxygen atoms in total. The van der Waals surface area contributed by atoms with Crippen molar-refractivity contribution in [3.05, 3.63) is 88.9 Å². The lowest BCUT2D eigenvalue weighted by Gasteiger charge is -2.47. The summed E-state index contributed by atoms with van der Waals surface area (Å²) in [4.78, 5) is 30.0. The second kappa shape index (κ2) is 11.8. The lowest BCUT2D eigenvalue weighted by Crippen LogP contribution is -2.56. The number of hydrogen-bond donors (Lipinski definition) is 3. The Bertz CT molecular complexity index is 1270. The van der Waals surface area contributed by atoms with Crippen molar-refractivity contribution in [2.75, 3.05) is 26.7 Å². The molecule has 0 aliphatic carbocycles. The van der Waals surface area contributed by atoms with Crippen molar-refractivity contribution in [3.8, 4) is 5.75 Å². The molecule has 9 heteroatoms. The molecule has 1 fully saturated rings. The highest BCUT2D eigenvalue weighted by molar-refractivity contribution is 5.95. The maximum atomic E-state index is 13.0. The van der Waals surface area contributed by atoms with Crippen LogP contribution in [0.15, 0.2) is 65.1 Å². The van der Waals surface area contributed by atoms with Gasteiger partial charge in [0.15, 0.2) is 0 Å². The lowest BCUT2D eigenvalue weighted by molar-refractivity contribution is -0.137. The third kappa shape index (κ3) is 6.24. The van der Waals surface area contributed by atoms with Crippen LogP contribution in [0.1, 0.15) is 52.9 Å². The molecular weight excluding hydrogens is 486 g/mol. The quantitative estimate of drug-likeness (QED) is 0.393. The van der Waals surface area contributed by atoms with Crippen molar-refractivity contribution < 1.29 is 29.3 Å². The number of hydrogen-bond acceptors (Lipinski definition) is 7. The van der Waals surface area contributed by atoms with Crippen LogP contribution in [0.5, 0.6) is 5.75 Å². The maximum absolute atomic E-state index is 13.0. The van der Waals surface area contributed by atoms with Gasteiger partial charge in [0, 0.05) is 37.8 Å². The number of carboxylic acids is 1. The van der Waals surface area contributed by atoms with E-state index < -0.39 is 5.97 Å². The van der Waals surface area contributed by atoms with Gasteiger partial charge in [-0.1, -0.05) is 24.3 Å². The number of carboxylic acid groups (broad SMARTS) is 1. The Kier molecular flexibility index (Phi) is 8.51. The summed E-state index contributed by atoms with van der Waals surface area (Å²) in [6.07, 6.45) is 0. The SMILES string of the molecule is C[C@@H]1CN(C(c2cccc(O)c2)c2cccc(C(=O)N(C)CC(=O)O)c2)[C@H](C)CN1Cc1ccc(CO)o1. The van der Waals surface area contributed by atoms with Crippen molar-refractivity contribution >= 4 is 11.9 Å². The summed E-state index contributed by atoms with van der Waals surface area (Å²) in [6, 6.07) is 18.2. The lowest BCUT2D eigenvalue weighted by atomic mass is 9.92. The van der Waals surface area contributed by atoms with E-state index >= 15 is 0 Å². The van der Waals surface area contributed by atoms with E-state index in [0.29, 0.717) is 17.9 Å². The average Bonchev–Trinajstić information content (AvgIpc) is 3.34. The molecule has 2 aromatic carbocycles. The van der Waals surface area contributed by atoms with Crippen molar-refractivity contribution in [1.82, 2.24) is 14.7 Å². The summed E-state index contributed by atoms with van der Waals surface area (Å²) >= 11 is 0. The first kappa shape index (κ1) is 27.4. The van der Waals surface area contributed by atoms with E-state index in [1.54, 1.807) is 24.3 Å². The number of benzene rings is 2. The highest BCUT2D eigenvalue weighted by Gasteiger charge is 2.35. The molecule has 0 saturated carbocycles. The number of aliphatic hydroxyl groups is 1. The van der Waals surface area contributed by atoms with Crippen molar-refractivity contribution in [2.45, 2.75) is 45.1 Å². The number of amides is 1. The molecule has 1 aliphatic rings. The minimum absolute atomic E-state index is 0.125. The number of carbonyl (C=O) groups is 2. The van der Waals surface area contributed by atoms with E-state index in [-0.39, 0.29) is 42.9 Å². The molecule has 1 amide bonds. The van der Waals surface area contributed by atoms with Gasteiger partial charge in [0.1, 0.15) is 30.4 Å². The molecule has 38 heavy (non-hydrogen) atoms. The first-order valence-electron chi connectivity index (χ1n) is 12.7. The monoisotopic (exact) mass is 521 g/mol. The molecule has 1 aliphatic heterocycles. The van der Waals surface area contributed by atoms with Gasteiger partial charge < -0.3 is 24.6 Å². The number of phenolic OH excluding ortho intramolecular Hbond substituents is 1. The minimum atomic E-state index is -1.07. The average molecular weight is 522 g/mol. The molecule has 3 aromatic rings. The second-order valence-electron chi connectivity index (χ2n) is 10.0. The van der Waals surface area contributed by atoms with Gasteiger partial charge in [-0.15, -0.1) is 0 Å². The number of phenols is 1. The van der Waals surface area contributed by atoms with Gasteiger partial charge in [0.25, 0.3) is 5.91 Å². The Hall–Kier alpha value is -3.66. The normalized spacial score (nSPS) is 19.3. The van der Waals surface area contributed by atoms with E-state index in [1.165, 1.54) is 11.9 Å². The Labute approximate surface area is 222 Å². The third-order valence-corrected chi connectivity index (χ3v) is 7.08. The zero-order valence-electron chi connectivity index (χ0n) is 21.9. The topological polar surface area (TPSA) is 118 Å². The predicted octanol–water partition coefficient (Wildman–Crippen LogP) is 3.32. The smallest absolute Gasteiger partial charge is 0.323 e. The number of aromatic hydroxyl groups is 1. The summed E-state index contributed by atoms with van der Waals surface area (Å²) < 4.78 is 5.72. The second-order valence-corrected chi connectivity index (χ2v) is 10.0. The van der Waals surface area contributed by atoms with Crippen LogP contribution < -0.4 is 0 Å². The van der Waals surface area contributed by atoms with Crippen LogP contribution in [-0.4, -0.2) is 80.7 Å². The molecule has 4 rings (SSSR count). The number of furan rings is 1. The molecule has 1 saturated heterocycles. The largest absolute Gasteiger partial charge is 0.508 e. The Balaban J connectivity index is 1.63. The first-order chi connectivity index (χ1) is 18.2. The van der Waals surface area contributed by atoms with Crippen LogP contribution in [0.25, 0.3) is 0 Å². The van der Waals surface area contributed by atoms with E-state index in [0.717, 1.165) is 30.0 Å². The number of piperazine rings is 1. The zero-order valence-corrected chi connectivity index (χ0v) is 21.9. The summed E-state index contributed by atoms with van der Waals surface area (Å²) in [5, 5.41) is 28.7. The summed E-state index contributed by atoms with van der Waals surface area (Å²) in [5.41, 5.74) is 2.20. The van der Waals surface area contributed by atoms with E-state index in [2.05, 4.69) is 23.6 Å². The molecule has 1 unspecified atom stereocenters. The Morgan fingerprint density at radius 3 is 2.34 bits per heavy atom. The number of carbonyl (C=O) groups excluding carboxylic acids is 1. The number of aliphatic carboxylic acids is 1. The molecular formula is C29H35N3O6. The molecule has 3 N–H and O–H groups in total. The van der Waals surface area contributed by atoms with Crippen LogP contribution in [0.2, 0.25) is 0 Å². The molecule has 3 atom stereocenters. The highest BCUT2D eigenvalue weighted by Crippen LogP contribution is 2.35. The summed E-state index contributed by atoms with van der Waals surface area (Å²) in [5.74, 6) is 0.0838. The minimum Gasteiger partial charge on any atom is -0.508 e. The predicted molar refractivity (Wildman–Crippen MR) is 142 cm³/mol. The van der Waals surface area contributed by atoms with E-state index in [4.69, 9.17) is 9.52 Å². The van der Waals surface area contributed by atoms with Gasteiger partial charge in [-0.3, -0.25) is 19.4 Å². The highest BCUT2D eigenvalue weighted by atomic mass is 16.4. The number of aliphatic hydroxyl groups excluding tert-OH is 1. The van der Waals surface area contributed by atoms with Gasteiger partial charge in [-0.05, 0) is 61.4 Å². The van der Waals surface area contributed by atoms with Crippen molar-refractivity contribution in [3.63, 3.8) is 0 Å². The van der Waals surface area contributed by atoms with Crippen LogP contribution >= 0.6 is 0 Å². The Morgan fingerprint density at radius 2 is 1.68 bits per heavy atom. The standard InChI is InChI=1S/C29H35N3O6/c1-19-15-32(20(2)14-31(19)16-25-10-11-26(18-33)38-25)28(22-7-5-9-24(34)13-22)21-6-4-8-23(12-21)29(37)30(3)17-27(35)36/h4-13,19-20,28,33-34H,14-18H2,1-3H3,(H,35,36)/t19-,20-,28?/m1/s1. The maximum Gasteiger partial charge on any atom is 0.323 e. The molecule has 1 aromatic heterocycles. The van der Waals surface area contributed by atoms with Gasteiger partial charge in [0.05, 0.1) is 12.6 Å². The third-order valence-electron chi connectivity index (χ3n) is 7.08. The Morgan fingerprint density at radius 1 is 1.00 bits per heavy atom. The fourth-order valence-electron chi connectivity index (χ4n) is 5.20. The number of rotatable bonds is 9. The fourth-order valence-corrected chi connectivity index (χ4v) is 5.20.